The van der Waals surface area contributed by atoms with E-state index in [4.69, 9.17) is 10.6 Å². The Labute approximate surface area is 113 Å². The third-order valence-corrected chi connectivity index (χ3v) is 3.20. The maximum absolute atomic E-state index is 5.67. The van der Waals surface area contributed by atoms with E-state index in [2.05, 4.69) is 31.3 Å². The molecule has 0 spiro atoms. The summed E-state index contributed by atoms with van der Waals surface area (Å²) in [5.41, 5.74) is 4.28. The molecule has 0 atom stereocenters. The van der Waals surface area contributed by atoms with Crippen molar-refractivity contribution in [3.05, 3.63) is 40.0 Å². The normalized spacial score (nSPS) is 10.2. The van der Waals surface area contributed by atoms with Crippen LogP contribution in [-0.2, 0) is 0 Å². The molecule has 0 amide bonds. The summed E-state index contributed by atoms with van der Waals surface area (Å²) in [6, 6.07) is 7.47. The molecule has 6 heteroatoms. The Morgan fingerprint density at radius 3 is 2.67 bits per heavy atom. The molecule has 0 aliphatic heterocycles. The van der Waals surface area contributed by atoms with E-state index in [9.17, 15) is 0 Å². The van der Waals surface area contributed by atoms with E-state index in [1.165, 1.54) is 0 Å². The number of ether oxygens (including phenoxy) is 1. The minimum Gasteiger partial charge on any atom is -0.439 e. The summed E-state index contributed by atoms with van der Waals surface area (Å²) in [4.78, 5) is 8.21. The van der Waals surface area contributed by atoms with Crippen LogP contribution in [0.3, 0.4) is 0 Å². The molecule has 18 heavy (non-hydrogen) atoms. The predicted molar refractivity (Wildman–Crippen MR) is 73.5 cm³/mol. The summed E-state index contributed by atoms with van der Waals surface area (Å²) >= 11 is 3.44. The van der Waals surface area contributed by atoms with Gasteiger partial charge in [-0.15, -0.1) is 0 Å². The number of aryl methyl sites for hydroxylation is 2. The molecule has 1 aromatic heterocycles. The average molecular weight is 309 g/mol. The van der Waals surface area contributed by atoms with E-state index >= 15 is 0 Å². The van der Waals surface area contributed by atoms with Crippen LogP contribution in [0.5, 0.6) is 11.6 Å². The zero-order valence-corrected chi connectivity index (χ0v) is 11.7. The second-order valence-electron chi connectivity index (χ2n) is 3.83. The first-order valence-corrected chi connectivity index (χ1v) is 6.14. The van der Waals surface area contributed by atoms with Gasteiger partial charge in [0.25, 0.3) is 0 Å². The monoisotopic (exact) mass is 308 g/mol. The van der Waals surface area contributed by atoms with Gasteiger partial charge >= 0.3 is 0 Å². The Bertz CT molecular complexity index is 574. The van der Waals surface area contributed by atoms with Crippen molar-refractivity contribution >= 4 is 21.9 Å². The smallest absolute Gasteiger partial charge is 0.240 e. The van der Waals surface area contributed by atoms with Crippen LogP contribution in [0.1, 0.15) is 11.3 Å². The van der Waals surface area contributed by atoms with Crippen molar-refractivity contribution in [2.75, 3.05) is 5.43 Å². The first-order chi connectivity index (χ1) is 8.58. The van der Waals surface area contributed by atoms with Gasteiger partial charge in [0, 0.05) is 16.2 Å². The van der Waals surface area contributed by atoms with Crippen LogP contribution >= 0.6 is 15.9 Å². The summed E-state index contributed by atoms with van der Waals surface area (Å²) in [6.45, 7) is 3.84. The van der Waals surface area contributed by atoms with Crippen molar-refractivity contribution in [1.29, 1.82) is 0 Å². The molecule has 2 rings (SSSR count). The summed E-state index contributed by atoms with van der Waals surface area (Å²) in [5.74, 6) is 6.80. The molecule has 0 bridgehead atoms. The SMILES string of the molecule is Cc1cc(Oc2ccc(Br)c(C)c2)nc(NN)n1. The highest BCUT2D eigenvalue weighted by Crippen LogP contribution is 2.25. The van der Waals surface area contributed by atoms with Crippen LogP contribution in [0.25, 0.3) is 0 Å². The Morgan fingerprint density at radius 2 is 2.00 bits per heavy atom. The van der Waals surface area contributed by atoms with Crippen LogP contribution in [0.15, 0.2) is 28.7 Å². The molecule has 2 aromatic rings. The molecule has 0 saturated heterocycles. The lowest BCUT2D eigenvalue weighted by Gasteiger charge is -2.08. The number of hydrazine groups is 1. The lowest BCUT2D eigenvalue weighted by molar-refractivity contribution is 0.461. The third-order valence-electron chi connectivity index (χ3n) is 2.31. The molecule has 5 nitrogen and oxygen atoms in total. The second-order valence-corrected chi connectivity index (χ2v) is 4.68. The maximum atomic E-state index is 5.67. The van der Waals surface area contributed by atoms with Gasteiger partial charge in [-0.1, -0.05) is 15.9 Å². The topological polar surface area (TPSA) is 73.1 Å². The third kappa shape index (κ3) is 2.96. The van der Waals surface area contributed by atoms with E-state index in [0.717, 1.165) is 21.5 Å². The minimum atomic E-state index is 0.332. The summed E-state index contributed by atoms with van der Waals surface area (Å²) < 4.78 is 6.71. The van der Waals surface area contributed by atoms with Gasteiger partial charge < -0.3 is 4.74 Å². The maximum Gasteiger partial charge on any atom is 0.240 e. The number of benzene rings is 1. The van der Waals surface area contributed by atoms with Gasteiger partial charge in [0.1, 0.15) is 5.75 Å². The van der Waals surface area contributed by atoms with E-state index in [1.807, 2.05) is 32.0 Å². The van der Waals surface area contributed by atoms with Gasteiger partial charge in [-0.05, 0) is 37.6 Å². The first kappa shape index (κ1) is 12.8. The molecule has 0 aliphatic rings. The molecule has 3 N–H and O–H groups in total. The summed E-state index contributed by atoms with van der Waals surface area (Å²) in [6.07, 6.45) is 0. The molecule has 0 radical (unpaired) electrons. The number of nitrogens with two attached hydrogens (primary N) is 1. The number of hydrogen-bond acceptors (Lipinski definition) is 5. The Kier molecular flexibility index (Phi) is 3.78. The van der Waals surface area contributed by atoms with E-state index in [0.29, 0.717) is 11.8 Å². The molecular weight excluding hydrogens is 296 g/mol. The Morgan fingerprint density at radius 1 is 1.22 bits per heavy atom. The highest BCUT2D eigenvalue weighted by molar-refractivity contribution is 9.10. The van der Waals surface area contributed by atoms with Gasteiger partial charge in [-0.3, -0.25) is 5.43 Å². The number of rotatable bonds is 3. The number of nitrogens with one attached hydrogen (secondary N) is 1. The van der Waals surface area contributed by atoms with Crippen LogP contribution in [0.4, 0.5) is 5.95 Å². The summed E-state index contributed by atoms with van der Waals surface area (Å²) in [7, 11) is 0. The highest BCUT2D eigenvalue weighted by atomic mass is 79.9. The zero-order chi connectivity index (χ0) is 13.1. The highest BCUT2D eigenvalue weighted by Gasteiger charge is 2.04. The predicted octanol–water partition coefficient (Wildman–Crippen LogP) is 2.93. The lowest BCUT2D eigenvalue weighted by atomic mass is 10.2. The summed E-state index contributed by atoms with van der Waals surface area (Å²) in [5, 5.41) is 0. The number of halogens is 1. The quantitative estimate of drug-likeness (QED) is 0.673. The Hall–Kier alpha value is -1.66. The van der Waals surface area contributed by atoms with Crippen LogP contribution in [-0.4, -0.2) is 9.97 Å². The molecule has 0 saturated carbocycles. The Balaban J connectivity index is 2.27. The minimum absolute atomic E-state index is 0.332. The number of aromatic nitrogens is 2. The van der Waals surface area contributed by atoms with E-state index in [-0.39, 0.29) is 0 Å². The van der Waals surface area contributed by atoms with Crippen LogP contribution in [0, 0.1) is 13.8 Å². The number of hydrogen-bond donors (Lipinski definition) is 2. The number of nitrogens with zero attached hydrogens (tertiary/aromatic N) is 2. The molecular formula is C12H13BrN4O. The van der Waals surface area contributed by atoms with Crippen molar-refractivity contribution in [2.45, 2.75) is 13.8 Å². The van der Waals surface area contributed by atoms with Gasteiger partial charge in [0.05, 0.1) is 0 Å². The van der Waals surface area contributed by atoms with Crippen molar-refractivity contribution in [3.8, 4) is 11.6 Å². The van der Waals surface area contributed by atoms with Gasteiger partial charge in [-0.25, -0.2) is 10.8 Å². The fraction of sp³-hybridized carbons (Fsp3) is 0.167. The van der Waals surface area contributed by atoms with Crippen LogP contribution < -0.4 is 16.0 Å². The molecule has 94 valence electrons. The second kappa shape index (κ2) is 5.32. The molecule has 1 aromatic carbocycles. The van der Waals surface area contributed by atoms with E-state index in [1.54, 1.807) is 6.07 Å². The first-order valence-electron chi connectivity index (χ1n) is 5.35. The van der Waals surface area contributed by atoms with Gasteiger partial charge in [-0.2, -0.15) is 4.98 Å². The van der Waals surface area contributed by atoms with Crippen molar-refractivity contribution < 1.29 is 4.74 Å². The molecule has 0 aliphatic carbocycles. The van der Waals surface area contributed by atoms with Gasteiger partial charge in [0.15, 0.2) is 0 Å². The standard InChI is InChI=1S/C12H13BrN4O/c1-7-5-9(3-4-10(7)13)18-11-6-8(2)15-12(16-11)17-14/h3-6H,14H2,1-2H3,(H,15,16,17). The zero-order valence-electron chi connectivity index (χ0n) is 10.1. The average Bonchev–Trinajstić information content (AvgIpc) is 2.33. The largest absolute Gasteiger partial charge is 0.439 e. The molecule has 0 fully saturated rings. The van der Waals surface area contributed by atoms with Gasteiger partial charge in [0.2, 0.25) is 11.8 Å². The van der Waals surface area contributed by atoms with Crippen LogP contribution in [0.2, 0.25) is 0 Å². The lowest BCUT2D eigenvalue weighted by Crippen LogP contribution is -2.11. The number of nitrogen functional groups attached to an aromatic ring is 1. The van der Waals surface area contributed by atoms with E-state index < -0.39 is 0 Å². The fourth-order valence-corrected chi connectivity index (χ4v) is 1.70. The number of anilines is 1. The molecule has 0 unspecified atom stereocenters. The fourth-order valence-electron chi connectivity index (χ4n) is 1.46. The molecule has 1 heterocycles. The van der Waals surface area contributed by atoms with Crippen molar-refractivity contribution in [1.82, 2.24) is 9.97 Å². The van der Waals surface area contributed by atoms with Crippen molar-refractivity contribution in [3.63, 3.8) is 0 Å². The van der Waals surface area contributed by atoms with Crippen molar-refractivity contribution in [2.24, 2.45) is 5.84 Å².